The summed E-state index contributed by atoms with van der Waals surface area (Å²) in [5, 5.41) is 14.1. The van der Waals surface area contributed by atoms with Crippen molar-refractivity contribution in [3.63, 3.8) is 0 Å². The molecule has 1 aromatic rings. The number of anilines is 1. The van der Waals surface area contributed by atoms with Gasteiger partial charge < -0.3 is 20.2 Å². The summed E-state index contributed by atoms with van der Waals surface area (Å²) in [6, 6.07) is 0.336. The van der Waals surface area contributed by atoms with Crippen molar-refractivity contribution >= 4 is 11.8 Å². The minimum atomic E-state index is -0.542. The summed E-state index contributed by atoms with van der Waals surface area (Å²) in [5.41, 5.74) is 0. The third kappa shape index (κ3) is 3.59. The van der Waals surface area contributed by atoms with Crippen molar-refractivity contribution in [1.29, 1.82) is 0 Å². The number of rotatable bonds is 5. The number of hydrogen-bond donors (Lipinski definition) is 2. The Labute approximate surface area is 111 Å². The molecule has 1 heterocycles. The zero-order valence-electron chi connectivity index (χ0n) is 11.3. The van der Waals surface area contributed by atoms with Crippen LogP contribution in [-0.4, -0.2) is 27.0 Å². The maximum Gasteiger partial charge on any atom is 0.437 e. The highest BCUT2D eigenvalue weighted by Gasteiger charge is 2.25. The molecule has 0 spiro atoms. The van der Waals surface area contributed by atoms with Gasteiger partial charge in [0.15, 0.2) is 0 Å². The van der Waals surface area contributed by atoms with Crippen LogP contribution in [-0.2, 0) is 0 Å². The molecule has 0 saturated heterocycles. The average molecular weight is 268 g/mol. The second kappa shape index (κ2) is 5.90. The predicted octanol–water partition coefficient (Wildman–Crippen LogP) is 2.85. The third-order valence-electron chi connectivity index (χ3n) is 3.13. The molecule has 1 saturated carbocycles. The highest BCUT2D eigenvalue weighted by molar-refractivity contribution is 5.50. The molecule has 1 fully saturated rings. The van der Waals surface area contributed by atoms with E-state index in [9.17, 15) is 10.1 Å². The second-order valence-corrected chi connectivity index (χ2v) is 5.14. The Morgan fingerprint density at radius 3 is 2.68 bits per heavy atom. The fraction of sp³-hybridized carbons (Fsp3) is 0.750. The maximum atomic E-state index is 10.8. The van der Waals surface area contributed by atoms with Crippen LogP contribution in [0.5, 0.6) is 5.88 Å². The summed E-state index contributed by atoms with van der Waals surface area (Å²) < 4.78 is 5.51. The second-order valence-electron chi connectivity index (χ2n) is 5.14. The van der Waals surface area contributed by atoms with Crippen LogP contribution in [0.25, 0.3) is 0 Å². The van der Waals surface area contributed by atoms with Crippen molar-refractivity contribution in [1.82, 2.24) is 9.97 Å². The Bertz CT molecular complexity index is 438. The van der Waals surface area contributed by atoms with Gasteiger partial charge in [0.2, 0.25) is 5.82 Å². The number of nitrogens with zero attached hydrogens (tertiary/aromatic N) is 2. The zero-order valence-corrected chi connectivity index (χ0v) is 11.3. The Balaban J connectivity index is 2.13. The molecule has 2 rings (SSSR count). The molecule has 2 N–H and O–H groups in total. The topological polar surface area (TPSA) is 93.1 Å². The number of aromatic amines is 1. The molecule has 1 aliphatic rings. The van der Waals surface area contributed by atoms with Gasteiger partial charge in [0.1, 0.15) is 0 Å². The SMILES string of the molecule is CC(C)Oc1nc([N+](=O)[O-])[nH]c1NC1CCCCC1. The minimum Gasteiger partial charge on any atom is -0.459 e. The minimum absolute atomic E-state index is 0.0743. The normalized spacial score (nSPS) is 16.6. The van der Waals surface area contributed by atoms with Gasteiger partial charge in [0, 0.05) is 6.04 Å². The molecule has 0 radical (unpaired) electrons. The number of ether oxygens (including phenoxy) is 1. The first kappa shape index (κ1) is 13.6. The first-order valence-electron chi connectivity index (χ1n) is 6.74. The van der Waals surface area contributed by atoms with Gasteiger partial charge in [-0.1, -0.05) is 19.3 Å². The van der Waals surface area contributed by atoms with Crippen molar-refractivity contribution in [3.8, 4) is 5.88 Å². The van der Waals surface area contributed by atoms with E-state index in [1.54, 1.807) is 0 Å². The van der Waals surface area contributed by atoms with Crippen molar-refractivity contribution in [2.45, 2.75) is 58.1 Å². The van der Waals surface area contributed by atoms with Gasteiger partial charge in [-0.15, -0.1) is 0 Å². The van der Waals surface area contributed by atoms with Crippen molar-refractivity contribution < 1.29 is 9.66 Å². The van der Waals surface area contributed by atoms with Crippen LogP contribution >= 0.6 is 0 Å². The smallest absolute Gasteiger partial charge is 0.437 e. The fourth-order valence-corrected chi connectivity index (χ4v) is 2.29. The Morgan fingerprint density at radius 1 is 1.42 bits per heavy atom. The molecule has 7 heteroatoms. The summed E-state index contributed by atoms with van der Waals surface area (Å²) in [6.45, 7) is 3.73. The highest BCUT2D eigenvalue weighted by Crippen LogP contribution is 2.29. The standard InChI is InChI=1S/C12H20N4O3/c1-8(2)19-11-10(14-12(15-11)16(17)18)13-9-6-4-3-5-7-9/h8-9,13H,3-7H2,1-2H3,(H,14,15). The lowest BCUT2D eigenvalue weighted by Gasteiger charge is -2.22. The number of H-pyrrole nitrogens is 1. The van der Waals surface area contributed by atoms with Crippen molar-refractivity contribution in [2.24, 2.45) is 0 Å². The molecular weight excluding hydrogens is 248 g/mol. The molecule has 0 aromatic carbocycles. The molecule has 0 unspecified atom stereocenters. The van der Waals surface area contributed by atoms with Crippen LogP contribution in [0.2, 0.25) is 0 Å². The van der Waals surface area contributed by atoms with Crippen LogP contribution < -0.4 is 10.1 Å². The summed E-state index contributed by atoms with van der Waals surface area (Å²) in [6.07, 6.45) is 5.72. The van der Waals surface area contributed by atoms with Gasteiger partial charge in [-0.25, -0.2) is 4.98 Å². The largest absolute Gasteiger partial charge is 0.459 e. The Kier molecular flexibility index (Phi) is 4.24. The summed E-state index contributed by atoms with van der Waals surface area (Å²) in [4.78, 5) is 16.8. The lowest BCUT2D eigenvalue weighted by molar-refractivity contribution is -0.393. The molecule has 19 heavy (non-hydrogen) atoms. The molecule has 7 nitrogen and oxygen atoms in total. The monoisotopic (exact) mass is 268 g/mol. The van der Waals surface area contributed by atoms with E-state index in [4.69, 9.17) is 4.74 Å². The average Bonchev–Trinajstić information content (AvgIpc) is 2.73. The zero-order chi connectivity index (χ0) is 13.8. The van der Waals surface area contributed by atoms with E-state index >= 15 is 0 Å². The van der Waals surface area contributed by atoms with Crippen molar-refractivity contribution in [3.05, 3.63) is 10.1 Å². The van der Waals surface area contributed by atoms with Gasteiger partial charge in [-0.2, -0.15) is 0 Å². The van der Waals surface area contributed by atoms with Gasteiger partial charge in [0.05, 0.1) is 6.10 Å². The molecule has 0 aliphatic heterocycles. The molecule has 1 aromatic heterocycles. The molecule has 0 bridgehead atoms. The molecule has 0 atom stereocenters. The van der Waals surface area contributed by atoms with E-state index in [0.29, 0.717) is 11.9 Å². The first-order chi connectivity index (χ1) is 9.06. The van der Waals surface area contributed by atoms with Gasteiger partial charge in [0.25, 0.3) is 0 Å². The third-order valence-corrected chi connectivity index (χ3v) is 3.13. The number of aromatic nitrogens is 2. The number of nitrogens with one attached hydrogen (secondary N) is 2. The van der Waals surface area contributed by atoms with Crippen LogP contribution in [0.15, 0.2) is 0 Å². The van der Waals surface area contributed by atoms with Crippen LogP contribution in [0.4, 0.5) is 11.8 Å². The highest BCUT2D eigenvalue weighted by atomic mass is 16.6. The first-order valence-corrected chi connectivity index (χ1v) is 6.74. The van der Waals surface area contributed by atoms with E-state index in [1.165, 1.54) is 19.3 Å². The van der Waals surface area contributed by atoms with E-state index in [1.807, 2.05) is 13.8 Å². The van der Waals surface area contributed by atoms with E-state index in [2.05, 4.69) is 15.3 Å². The fourth-order valence-electron chi connectivity index (χ4n) is 2.29. The summed E-state index contributed by atoms with van der Waals surface area (Å²) in [7, 11) is 0. The van der Waals surface area contributed by atoms with Crippen LogP contribution in [0.3, 0.4) is 0 Å². The molecule has 106 valence electrons. The lowest BCUT2D eigenvalue weighted by atomic mass is 9.95. The van der Waals surface area contributed by atoms with E-state index in [-0.39, 0.29) is 17.9 Å². The Hall–Kier alpha value is -1.79. The molecule has 0 amide bonds. The van der Waals surface area contributed by atoms with Crippen molar-refractivity contribution in [2.75, 3.05) is 5.32 Å². The molecular formula is C12H20N4O3. The Morgan fingerprint density at radius 2 is 2.11 bits per heavy atom. The maximum absolute atomic E-state index is 10.8. The van der Waals surface area contributed by atoms with Gasteiger partial charge in [-0.3, -0.25) is 0 Å². The van der Waals surface area contributed by atoms with Gasteiger partial charge in [-0.05, 0) is 36.6 Å². The molecule has 1 aliphatic carbocycles. The lowest BCUT2D eigenvalue weighted by Crippen LogP contribution is -2.23. The number of imidazole rings is 1. The van der Waals surface area contributed by atoms with Gasteiger partial charge >= 0.3 is 11.8 Å². The number of hydrogen-bond acceptors (Lipinski definition) is 5. The summed E-state index contributed by atoms with van der Waals surface area (Å²) in [5.74, 6) is 0.522. The van der Waals surface area contributed by atoms with Crippen LogP contribution in [0.1, 0.15) is 46.0 Å². The summed E-state index contributed by atoms with van der Waals surface area (Å²) >= 11 is 0. The predicted molar refractivity (Wildman–Crippen MR) is 71.5 cm³/mol. The number of nitro groups is 1. The quantitative estimate of drug-likeness (QED) is 0.632. The van der Waals surface area contributed by atoms with Crippen LogP contribution in [0, 0.1) is 10.1 Å². The van der Waals surface area contributed by atoms with E-state index < -0.39 is 4.92 Å². The van der Waals surface area contributed by atoms with E-state index in [0.717, 1.165) is 12.8 Å².